The minimum atomic E-state index is 0.267. The van der Waals surface area contributed by atoms with Gasteiger partial charge in [0.05, 0.1) is 0 Å². The van der Waals surface area contributed by atoms with Crippen LogP contribution >= 0.6 is 0 Å². The molecule has 0 saturated heterocycles. The maximum atomic E-state index is 6.06. The van der Waals surface area contributed by atoms with Crippen LogP contribution in [0.4, 0.5) is 0 Å². The minimum absolute atomic E-state index is 0.267. The molecule has 1 aromatic heterocycles. The van der Waals surface area contributed by atoms with Gasteiger partial charge in [-0.3, -0.25) is 0 Å². The Morgan fingerprint density at radius 1 is 1.26 bits per heavy atom. The first-order chi connectivity index (χ1) is 9.16. The Labute approximate surface area is 115 Å². The molecule has 1 atom stereocenters. The van der Waals surface area contributed by atoms with E-state index in [9.17, 15) is 0 Å². The van der Waals surface area contributed by atoms with E-state index in [4.69, 9.17) is 5.73 Å². The fraction of sp³-hybridized carbons (Fsp3) is 0.500. The van der Waals surface area contributed by atoms with Gasteiger partial charge in [-0.05, 0) is 36.9 Å². The number of nitrogens with two attached hydrogens (primary N) is 1. The molecule has 19 heavy (non-hydrogen) atoms. The number of benzene rings is 1. The first kappa shape index (κ1) is 14.1. The molecule has 0 aliphatic heterocycles. The van der Waals surface area contributed by atoms with Crippen molar-refractivity contribution < 1.29 is 0 Å². The maximum Gasteiger partial charge on any atom is 0.0456 e. The number of rotatable bonds is 7. The average Bonchev–Trinajstić information content (AvgIpc) is 2.77. The summed E-state index contributed by atoms with van der Waals surface area (Å²) >= 11 is 0. The van der Waals surface area contributed by atoms with Gasteiger partial charge in [0.25, 0.3) is 0 Å². The molecule has 0 aliphatic carbocycles. The Morgan fingerprint density at radius 3 is 2.84 bits per heavy atom. The number of aromatic amines is 1. The van der Waals surface area contributed by atoms with Gasteiger partial charge in [-0.1, -0.05) is 32.0 Å². The lowest BCUT2D eigenvalue weighted by molar-refractivity contribution is 0.469. The number of para-hydroxylation sites is 1. The number of hydrogen-bond donors (Lipinski definition) is 3. The summed E-state index contributed by atoms with van der Waals surface area (Å²) in [7, 11) is 0. The van der Waals surface area contributed by atoms with Crippen LogP contribution in [0.1, 0.15) is 25.8 Å². The van der Waals surface area contributed by atoms with Gasteiger partial charge in [-0.25, -0.2) is 0 Å². The van der Waals surface area contributed by atoms with Crippen molar-refractivity contribution in [3.63, 3.8) is 0 Å². The molecule has 0 saturated carbocycles. The lowest BCUT2D eigenvalue weighted by Crippen LogP contribution is -2.35. The summed E-state index contributed by atoms with van der Waals surface area (Å²) in [5.41, 5.74) is 8.65. The third kappa shape index (κ3) is 4.08. The van der Waals surface area contributed by atoms with Gasteiger partial charge >= 0.3 is 0 Å². The molecule has 0 bridgehead atoms. The fourth-order valence-corrected chi connectivity index (χ4v) is 2.54. The number of H-pyrrole nitrogens is 1. The molecule has 1 aromatic carbocycles. The molecule has 104 valence electrons. The van der Waals surface area contributed by atoms with Gasteiger partial charge in [-0.15, -0.1) is 0 Å². The SMILES string of the molecule is CC(C)CC(N)CNCCc1c[nH]c2ccccc12. The van der Waals surface area contributed by atoms with Crippen LogP contribution in [0.3, 0.4) is 0 Å². The van der Waals surface area contributed by atoms with Crippen molar-refractivity contribution in [3.05, 3.63) is 36.0 Å². The summed E-state index contributed by atoms with van der Waals surface area (Å²) in [5, 5.41) is 4.78. The van der Waals surface area contributed by atoms with Crippen LogP contribution in [0.15, 0.2) is 30.5 Å². The van der Waals surface area contributed by atoms with Crippen molar-refractivity contribution in [1.82, 2.24) is 10.3 Å². The Kier molecular flexibility index (Phi) is 5.00. The lowest BCUT2D eigenvalue weighted by Gasteiger charge is -2.14. The molecule has 2 aromatic rings. The highest BCUT2D eigenvalue weighted by Crippen LogP contribution is 2.17. The van der Waals surface area contributed by atoms with Gasteiger partial charge in [0, 0.05) is 29.7 Å². The second-order valence-electron chi connectivity index (χ2n) is 5.70. The van der Waals surface area contributed by atoms with Crippen LogP contribution in [0.5, 0.6) is 0 Å². The van der Waals surface area contributed by atoms with Crippen LogP contribution in [0, 0.1) is 5.92 Å². The van der Waals surface area contributed by atoms with E-state index in [1.54, 1.807) is 0 Å². The van der Waals surface area contributed by atoms with E-state index in [2.05, 4.69) is 54.6 Å². The summed E-state index contributed by atoms with van der Waals surface area (Å²) < 4.78 is 0. The molecule has 4 N–H and O–H groups in total. The van der Waals surface area contributed by atoms with Crippen molar-refractivity contribution in [2.24, 2.45) is 11.7 Å². The van der Waals surface area contributed by atoms with Crippen LogP contribution in [0.2, 0.25) is 0 Å². The van der Waals surface area contributed by atoms with E-state index in [1.807, 2.05) is 0 Å². The molecule has 0 aliphatic rings. The van der Waals surface area contributed by atoms with E-state index < -0.39 is 0 Å². The van der Waals surface area contributed by atoms with Gasteiger partial charge in [0.2, 0.25) is 0 Å². The zero-order valence-electron chi connectivity index (χ0n) is 11.9. The monoisotopic (exact) mass is 259 g/mol. The van der Waals surface area contributed by atoms with E-state index in [0.29, 0.717) is 5.92 Å². The summed E-state index contributed by atoms with van der Waals surface area (Å²) in [4.78, 5) is 3.31. The number of fused-ring (bicyclic) bond motifs is 1. The van der Waals surface area contributed by atoms with Crippen LogP contribution in [-0.2, 0) is 6.42 Å². The zero-order valence-corrected chi connectivity index (χ0v) is 11.9. The van der Waals surface area contributed by atoms with E-state index in [0.717, 1.165) is 25.9 Å². The molecule has 0 amide bonds. The van der Waals surface area contributed by atoms with Crippen LogP contribution < -0.4 is 11.1 Å². The molecule has 3 heteroatoms. The summed E-state index contributed by atoms with van der Waals surface area (Å²) in [6.07, 6.45) is 4.24. The van der Waals surface area contributed by atoms with Gasteiger partial charge in [0.15, 0.2) is 0 Å². The first-order valence-electron chi connectivity index (χ1n) is 7.18. The predicted octanol–water partition coefficient (Wildman–Crippen LogP) is 2.67. The Balaban J connectivity index is 1.77. The lowest BCUT2D eigenvalue weighted by atomic mass is 10.0. The molecular weight excluding hydrogens is 234 g/mol. The highest BCUT2D eigenvalue weighted by Gasteiger charge is 2.05. The summed E-state index contributed by atoms with van der Waals surface area (Å²) in [6.45, 7) is 6.31. The molecule has 3 nitrogen and oxygen atoms in total. The van der Waals surface area contributed by atoms with Gasteiger partial charge in [-0.2, -0.15) is 0 Å². The Hall–Kier alpha value is -1.32. The van der Waals surface area contributed by atoms with Crippen molar-refractivity contribution in [2.75, 3.05) is 13.1 Å². The minimum Gasteiger partial charge on any atom is -0.361 e. The summed E-state index contributed by atoms with van der Waals surface area (Å²) in [5.74, 6) is 0.672. The quantitative estimate of drug-likeness (QED) is 0.670. The molecule has 1 heterocycles. The van der Waals surface area contributed by atoms with Crippen LogP contribution in [-0.4, -0.2) is 24.1 Å². The predicted molar refractivity (Wildman–Crippen MR) is 82.3 cm³/mol. The maximum absolute atomic E-state index is 6.06. The van der Waals surface area contributed by atoms with Crippen molar-refractivity contribution in [3.8, 4) is 0 Å². The van der Waals surface area contributed by atoms with E-state index >= 15 is 0 Å². The molecule has 2 rings (SSSR count). The van der Waals surface area contributed by atoms with E-state index in [1.165, 1.54) is 16.5 Å². The molecule has 0 radical (unpaired) electrons. The summed E-state index contributed by atoms with van der Waals surface area (Å²) in [6, 6.07) is 8.71. The van der Waals surface area contributed by atoms with Gasteiger partial charge < -0.3 is 16.0 Å². The normalized spacial score (nSPS) is 13.3. The number of hydrogen-bond acceptors (Lipinski definition) is 2. The highest BCUT2D eigenvalue weighted by atomic mass is 14.9. The van der Waals surface area contributed by atoms with Crippen molar-refractivity contribution in [1.29, 1.82) is 0 Å². The molecule has 1 unspecified atom stereocenters. The first-order valence-corrected chi connectivity index (χ1v) is 7.18. The van der Waals surface area contributed by atoms with Crippen molar-refractivity contribution >= 4 is 10.9 Å². The third-order valence-corrected chi connectivity index (χ3v) is 3.43. The number of aromatic nitrogens is 1. The van der Waals surface area contributed by atoms with Crippen molar-refractivity contribution in [2.45, 2.75) is 32.7 Å². The zero-order chi connectivity index (χ0) is 13.7. The third-order valence-electron chi connectivity index (χ3n) is 3.43. The van der Waals surface area contributed by atoms with Gasteiger partial charge in [0.1, 0.15) is 0 Å². The highest BCUT2D eigenvalue weighted by molar-refractivity contribution is 5.83. The smallest absolute Gasteiger partial charge is 0.0456 e. The molecular formula is C16H25N3. The standard InChI is InChI=1S/C16H25N3/c1-12(2)9-14(17)11-18-8-7-13-10-19-16-6-4-3-5-15(13)16/h3-6,10,12,14,18-19H,7-9,11,17H2,1-2H3. The molecule has 0 spiro atoms. The van der Waals surface area contributed by atoms with E-state index in [-0.39, 0.29) is 6.04 Å². The molecule has 0 fully saturated rings. The largest absolute Gasteiger partial charge is 0.361 e. The topological polar surface area (TPSA) is 53.8 Å². The van der Waals surface area contributed by atoms with Crippen LogP contribution in [0.25, 0.3) is 10.9 Å². The Bertz CT molecular complexity index is 501. The number of nitrogens with one attached hydrogen (secondary N) is 2. The second-order valence-corrected chi connectivity index (χ2v) is 5.70. The Morgan fingerprint density at radius 2 is 2.05 bits per heavy atom. The fourth-order valence-electron chi connectivity index (χ4n) is 2.54. The second kappa shape index (κ2) is 6.73. The average molecular weight is 259 g/mol.